The van der Waals surface area contributed by atoms with Gasteiger partial charge in [0, 0.05) is 22.3 Å². The van der Waals surface area contributed by atoms with Crippen LogP contribution in [0.15, 0.2) is 60.2 Å². The van der Waals surface area contributed by atoms with Crippen molar-refractivity contribution in [2.24, 2.45) is 23.2 Å². The number of carbonyl (C=O) groups excluding carboxylic acids is 2. The van der Waals surface area contributed by atoms with E-state index in [1.807, 2.05) is 30.3 Å². The lowest BCUT2D eigenvalue weighted by Gasteiger charge is -2.46. The van der Waals surface area contributed by atoms with Crippen molar-refractivity contribution in [2.75, 3.05) is 19.7 Å². The zero-order chi connectivity index (χ0) is 38.9. The zero-order valence-corrected chi connectivity index (χ0v) is 34.5. The van der Waals surface area contributed by atoms with Gasteiger partial charge in [0.2, 0.25) is 5.78 Å². The number of fused-ring (bicyclic) bond motifs is 9. The number of carbonyl (C=O) groups is 2. The summed E-state index contributed by atoms with van der Waals surface area (Å²) < 4.78 is 13.6. The lowest BCUT2D eigenvalue weighted by molar-refractivity contribution is -0.0908. The van der Waals surface area contributed by atoms with Crippen molar-refractivity contribution in [1.82, 2.24) is 4.90 Å². The summed E-state index contributed by atoms with van der Waals surface area (Å²) in [4.78, 5) is 31.6. The Hall–Kier alpha value is -3.04. The minimum atomic E-state index is -1.24. The monoisotopic (exact) mass is 769 g/mol. The third-order valence-corrected chi connectivity index (χ3v) is 15.1. The average molecular weight is 770 g/mol. The van der Waals surface area contributed by atoms with Gasteiger partial charge >= 0.3 is 6.09 Å². The Morgan fingerprint density at radius 2 is 1.87 bits per heavy atom. The molecule has 2 aromatic carbocycles. The van der Waals surface area contributed by atoms with Gasteiger partial charge in [-0.2, -0.15) is 0 Å². The molecule has 3 fully saturated rings. The van der Waals surface area contributed by atoms with E-state index >= 15 is 0 Å². The molecule has 2 saturated carbocycles. The first-order chi connectivity index (χ1) is 26.3. The molecule has 8 unspecified atom stereocenters. The fraction of sp³-hybridized carbons (Fsp3) is 0.617. The Kier molecular flexibility index (Phi) is 12.3. The van der Waals surface area contributed by atoms with Gasteiger partial charge in [-0.15, -0.1) is 11.3 Å². The summed E-state index contributed by atoms with van der Waals surface area (Å²) in [6, 6.07) is 16.3. The average Bonchev–Trinajstić information content (AvgIpc) is 3.89. The number of rotatable bonds is 8. The first-order valence-corrected chi connectivity index (χ1v) is 21.9. The van der Waals surface area contributed by atoms with E-state index in [0.29, 0.717) is 73.5 Å². The van der Waals surface area contributed by atoms with E-state index in [2.05, 4.69) is 58.9 Å². The van der Waals surface area contributed by atoms with Crippen LogP contribution in [-0.2, 0) is 15.9 Å². The number of ketones is 1. The fourth-order valence-electron chi connectivity index (χ4n) is 10.4. The van der Waals surface area contributed by atoms with E-state index in [1.54, 1.807) is 4.90 Å². The lowest BCUT2D eigenvalue weighted by atomic mass is 9.64. The van der Waals surface area contributed by atoms with Crippen molar-refractivity contribution in [1.29, 1.82) is 0 Å². The van der Waals surface area contributed by atoms with Gasteiger partial charge in [-0.05, 0) is 136 Å². The summed E-state index contributed by atoms with van der Waals surface area (Å²) in [5.74, 6) is 1.08. The topological polar surface area (TPSA) is 96.3 Å². The fourth-order valence-corrected chi connectivity index (χ4v) is 11.4. The van der Waals surface area contributed by atoms with E-state index in [1.165, 1.54) is 16.9 Å². The molecule has 1 aromatic heterocycles. The van der Waals surface area contributed by atoms with Crippen molar-refractivity contribution in [2.45, 2.75) is 141 Å². The van der Waals surface area contributed by atoms with Crippen LogP contribution in [-0.4, -0.2) is 70.6 Å². The number of benzene rings is 2. The smallest absolute Gasteiger partial charge is 0.410 e. The highest BCUT2D eigenvalue weighted by Gasteiger charge is 2.58. The molecular weight excluding hydrogens is 707 g/mol. The van der Waals surface area contributed by atoms with E-state index in [0.717, 1.165) is 66.2 Å². The van der Waals surface area contributed by atoms with Crippen LogP contribution in [0.1, 0.15) is 138 Å². The van der Waals surface area contributed by atoms with E-state index in [9.17, 15) is 19.8 Å². The van der Waals surface area contributed by atoms with Crippen molar-refractivity contribution in [3.8, 4) is 0 Å². The van der Waals surface area contributed by atoms with Gasteiger partial charge in [-0.3, -0.25) is 4.79 Å². The molecule has 0 spiro atoms. The predicted octanol–water partition coefficient (Wildman–Crippen LogP) is 10.2. The largest absolute Gasteiger partial charge is 0.446 e. The minimum Gasteiger partial charge on any atom is -0.446 e. The normalized spacial score (nSPS) is 31.6. The Morgan fingerprint density at radius 3 is 2.64 bits per heavy atom. The summed E-state index contributed by atoms with van der Waals surface area (Å²) in [5.41, 5.74) is 1.87. The molecule has 2 bridgehead atoms. The quantitative estimate of drug-likeness (QED) is 0.175. The maximum absolute atomic E-state index is 14.7. The van der Waals surface area contributed by atoms with Crippen molar-refractivity contribution < 1.29 is 29.3 Å². The lowest BCUT2D eigenvalue weighted by Crippen LogP contribution is -2.55. The van der Waals surface area contributed by atoms with Crippen LogP contribution >= 0.6 is 11.3 Å². The third-order valence-electron chi connectivity index (χ3n) is 13.9. The molecule has 8 rings (SSSR count). The molecule has 298 valence electrons. The van der Waals surface area contributed by atoms with Gasteiger partial charge in [0.1, 0.15) is 6.10 Å². The highest BCUT2D eigenvalue weighted by molar-refractivity contribution is 7.21. The number of thiophene rings is 1. The SMILES string of the molecule is CC1=CCCC2(C)C(CCC2(O)CN(CC2CCCO2)C(=O)OC2CC(C)CCC2C(C)C)c2ccc(cc2C(=O)c2cc3ccccc3s2)CC(O)CC1. The number of nitrogens with zero attached hydrogens (tertiary/aromatic N) is 1. The highest BCUT2D eigenvalue weighted by Crippen LogP contribution is 2.59. The van der Waals surface area contributed by atoms with Crippen LogP contribution in [0, 0.1) is 23.2 Å². The van der Waals surface area contributed by atoms with Gasteiger partial charge in [-0.25, -0.2) is 4.79 Å². The molecular formula is C47H63NO6S. The molecule has 8 heteroatoms. The number of aliphatic hydroxyl groups excluding tert-OH is 1. The molecule has 0 radical (unpaired) electrons. The summed E-state index contributed by atoms with van der Waals surface area (Å²) in [7, 11) is 0. The van der Waals surface area contributed by atoms with Crippen molar-refractivity contribution in [3.63, 3.8) is 0 Å². The maximum atomic E-state index is 14.7. The molecule has 4 aliphatic carbocycles. The third kappa shape index (κ3) is 8.63. The molecule has 3 aromatic rings. The van der Waals surface area contributed by atoms with Crippen LogP contribution in [0.4, 0.5) is 4.79 Å². The van der Waals surface area contributed by atoms with Gasteiger partial charge in [-0.1, -0.05) is 76.1 Å². The number of hydrogen-bond acceptors (Lipinski definition) is 7. The van der Waals surface area contributed by atoms with Gasteiger partial charge in [0.15, 0.2) is 0 Å². The summed E-state index contributed by atoms with van der Waals surface area (Å²) >= 11 is 1.52. The molecule has 2 N–H and O–H groups in total. The predicted molar refractivity (Wildman–Crippen MR) is 221 cm³/mol. The Labute approximate surface area is 332 Å². The second-order valence-corrected chi connectivity index (χ2v) is 19.3. The zero-order valence-electron chi connectivity index (χ0n) is 33.7. The Morgan fingerprint density at radius 1 is 1.05 bits per heavy atom. The van der Waals surface area contributed by atoms with Gasteiger partial charge < -0.3 is 24.6 Å². The van der Waals surface area contributed by atoms with Gasteiger partial charge in [0.05, 0.1) is 35.8 Å². The first-order valence-electron chi connectivity index (χ1n) is 21.1. The van der Waals surface area contributed by atoms with Crippen molar-refractivity contribution >= 4 is 33.3 Å². The molecule has 8 atom stereocenters. The van der Waals surface area contributed by atoms with E-state index < -0.39 is 17.1 Å². The Balaban J connectivity index is 1.26. The first kappa shape index (κ1) is 40.2. The number of aliphatic hydroxyl groups is 2. The summed E-state index contributed by atoms with van der Waals surface area (Å²) in [6.45, 7) is 12.3. The van der Waals surface area contributed by atoms with Crippen molar-refractivity contribution in [3.05, 3.63) is 81.7 Å². The molecule has 2 heterocycles. The highest BCUT2D eigenvalue weighted by atomic mass is 32.1. The summed E-state index contributed by atoms with van der Waals surface area (Å²) in [6.07, 6.45) is 10.6. The molecule has 1 aliphatic heterocycles. The Bertz CT molecular complexity index is 1830. The second-order valence-electron chi connectivity index (χ2n) is 18.2. The van der Waals surface area contributed by atoms with Crippen LogP contribution in [0.5, 0.6) is 0 Å². The molecule has 7 nitrogen and oxygen atoms in total. The van der Waals surface area contributed by atoms with Crippen LogP contribution in [0.3, 0.4) is 0 Å². The number of amides is 1. The molecule has 55 heavy (non-hydrogen) atoms. The van der Waals surface area contributed by atoms with E-state index in [4.69, 9.17) is 9.47 Å². The molecule has 5 aliphatic rings. The van der Waals surface area contributed by atoms with Crippen LogP contribution in [0.25, 0.3) is 10.1 Å². The van der Waals surface area contributed by atoms with Crippen LogP contribution < -0.4 is 0 Å². The maximum Gasteiger partial charge on any atom is 0.410 e. The van der Waals surface area contributed by atoms with E-state index in [-0.39, 0.29) is 36.5 Å². The summed E-state index contributed by atoms with van der Waals surface area (Å²) in [5, 5.41) is 25.3. The standard InChI is InChI=1S/C47H63NO6S/c1-30(2)37-18-15-32(4)24-41(37)54-45(51)48(28-36-12-9-23-53-36)29-47(52)22-20-40-38-19-16-33(25-35(49)17-14-31(3)10-8-21-46(40,47)5)26-39(38)44(50)43-27-34-11-6-7-13-42(34)55-43/h6-7,10-11,13,16,19,26-27,30,32,35-37,40-41,49,52H,8-9,12,14-15,17-18,20-25,28-29H2,1-5H3. The number of hydrogen-bond donors (Lipinski definition) is 2. The van der Waals surface area contributed by atoms with Crippen LogP contribution in [0.2, 0.25) is 0 Å². The molecule has 1 saturated heterocycles. The number of ether oxygens (including phenoxy) is 2. The number of allylic oxidation sites excluding steroid dienone is 2. The second kappa shape index (κ2) is 16.8. The molecule has 1 amide bonds. The minimum absolute atomic E-state index is 0.0156. The van der Waals surface area contributed by atoms with Gasteiger partial charge in [0.25, 0.3) is 0 Å².